The number of anilines is 1. The highest BCUT2D eigenvalue weighted by atomic mass is 32.2. The van der Waals surface area contributed by atoms with Gasteiger partial charge in [-0.1, -0.05) is 12.1 Å². The molecule has 2 heterocycles. The van der Waals surface area contributed by atoms with Crippen molar-refractivity contribution in [2.24, 2.45) is 0 Å². The second kappa shape index (κ2) is 7.41. The topological polar surface area (TPSA) is 98.5 Å². The van der Waals surface area contributed by atoms with E-state index in [1.165, 1.54) is 17.4 Å². The standard InChI is InChI=1S/C20H16N2O4S2/c21-10-13-11-5-1-3-7-14(11)28-19(13)22-17(23)9-16(18(22)24)27-15-8-4-2-6-12(15)20(25)26/h2,4,6,8,16H,1,3,5,7,9H2,(H,25,26). The van der Waals surface area contributed by atoms with Gasteiger partial charge in [-0.05, 0) is 43.4 Å². The van der Waals surface area contributed by atoms with Gasteiger partial charge in [0.1, 0.15) is 11.1 Å². The summed E-state index contributed by atoms with van der Waals surface area (Å²) in [7, 11) is 0. The Morgan fingerprint density at radius 1 is 1.25 bits per heavy atom. The first-order valence-electron chi connectivity index (χ1n) is 8.91. The SMILES string of the molecule is N#Cc1c(N2C(=O)CC(Sc3ccccc3C(=O)O)C2=O)sc2c1CCCC2. The van der Waals surface area contributed by atoms with Gasteiger partial charge in [0.2, 0.25) is 11.8 Å². The van der Waals surface area contributed by atoms with Crippen molar-refractivity contribution in [2.75, 3.05) is 4.90 Å². The molecule has 142 valence electrons. The molecular weight excluding hydrogens is 396 g/mol. The molecule has 2 aliphatic rings. The van der Waals surface area contributed by atoms with Gasteiger partial charge in [0.15, 0.2) is 0 Å². The normalized spacial score (nSPS) is 18.8. The summed E-state index contributed by atoms with van der Waals surface area (Å²) in [6.45, 7) is 0. The zero-order valence-electron chi connectivity index (χ0n) is 14.8. The number of carboxylic acid groups (broad SMARTS) is 1. The maximum absolute atomic E-state index is 13.0. The van der Waals surface area contributed by atoms with E-state index in [2.05, 4.69) is 6.07 Å². The molecule has 1 N–H and O–H groups in total. The monoisotopic (exact) mass is 412 g/mol. The first-order valence-corrected chi connectivity index (χ1v) is 10.6. The number of aromatic carboxylic acids is 1. The lowest BCUT2D eigenvalue weighted by molar-refractivity contribution is -0.121. The van der Waals surface area contributed by atoms with Crippen molar-refractivity contribution in [1.29, 1.82) is 5.26 Å². The van der Waals surface area contributed by atoms with Gasteiger partial charge >= 0.3 is 5.97 Å². The van der Waals surface area contributed by atoms with E-state index < -0.39 is 11.2 Å². The van der Waals surface area contributed by atoms with Gasteiger partial charge in [-0.15, -0.1) is 23.1 Å². The van der Waals surface area contributed by atoms with Crippen LogP contribution in [0, 0.1) is 11.3 Å². The number of rotatable bonds is 4. The second-order valence-corrected chi connectivity index (χ2v) is 9.01. The number of fused-ring (bicyclic) bond motifs is 1. The van der Waals surface area contributed by atoms with E-state index in [0.717, 1.165) is 52.8 Å². The highest BCUT2D eigenvalue weighted by Crippen LogP contribution is 2.43. The minimum atomic E-state index is -1.07. The van der Waals surface area contributed by atoms with E-state index in [9.17, 15) is 24.8 Å². The molecule has 0 spiro atoms. The van der Waals surface area contributed by atoms with Crippen LogP contribution in [0.25, 0.3) is 0 Å². The number of hydrogen-bond donors (Lipinski definition) is 1. The quantitative estimate of drug-likeness (QED) is 0.770. The Morgan fingerprint density at radius 3 is 2.75 bits per heavy atom. The Kier molecular flexibility index (Phi) is 4.96. The number of carbonyl (C=O) groups is 3. The zero-order chi connectivity index (χ0) is 19.8. The van der Waals surface area contributed by atoms with Crippen LogP contribution in [0.15, 0.2) is 29.2 Å². The van der Waals surface area contributed by atoms with Crippen molar-refractivity contribution in [3.05, 3.63) is 45.8 Å². The van der Waals surface area contributed by atoms with E-state index in [1.54, 1.807) is 18.2 Å². The van der Waals surface area contributed by atoms with Crippen molar-refractivity contribution in [3.8, 4) is 6.07 Å². The van der Waals surface area contributed by atoms with E-state index in [4.69, 9.17) is 0 Å². The van der Waals surface area contributed by atoms with E-state index in [-0.39, 0.29) is 23.8 Å². The molecule has 2 amide bonds. The van der Waals surface area contributed by atoms with E-state index in [0.29, 0.717) is 15.5 Å². The third-order valence-electron chi connectivity index (χ3n) is 4.96. The Bertz CT molecular complexity index is 1040. The fourth-order valence-electron chi connectivity index (χ4n) is 3.63. The van der Waals surface area contributed by atoms with E-state index in [1.807, 2.05) is 0 Å². The minimum absolute atomic E-state index is 0.00904. The summed E-state index contributed by atoms with van der Waals surface area (Å²) < 4.78 is 0. The van der Waals surface area contributed by atoms with Gasteiger partial charge in [-0.2, -0.15) is 5.26 Å². The smallest absolute Gasteiger partial charge is 0.336 e. The lowest BCUT2D eigenvalue weighted by Crippen LogP contribution is -2.31. The van der Waals surface area contributed by atoms with Crippen LogP contribution in [0.3, 0.4) is 0 Å². The predicted molar refractivity (Wildman–Crippen MR) is 106 cm³/mol. The molecule has 0 bridgehead atoms. The van der Waals surface area contributed by atoms with Crippen LogP contribution in [-0.2, 0) is 22.4 Å². The third-order valence-corrected chi connectivity index (χ3v) is 7.50. The zero-order valence-corrected chi connectivity index (χ0v) is 16.4. The minimum Gasteiger partial charge on any atom is -0.478 e. The largest absolute Gasteiger partial charge is 0.478 e. The number of aryl methyl sites for hydroxylation is 1. The number of carboxylic acids is 1. The molecule has 2 aromatic rings. The molecule has 1 aromatic heterocycles. The molecule has 1 atom stereocenters. The van der Waals surface area contributed by atoms with Gasteiger partial charge in [0, 0.05) is 16.2 Å². The van der Waals surface area contributed by atoms with Crippen molar-refractivity contribution >= 4 is 45.9 Å². The molecule has 6 nitrogen and oxygen atoms in total. The molecule has 1 aliphatic heterocycles. The Morgan fingerprint density at radius 2 is 2.00 bits per heavy atom. The molecule has 1 aromatic carbocycles. The summed E-state index contributed by atoms with van der Waals surface area (Å²) >= 11 is 2.46. The van der Waals surface area contributed by atoms with Crippen LogP contribution in [0.1, 0.15) is 45.6 Å². The van der Waals surface area contributed by atoms with Gasteiger partial charge in [-0.3, -0.25) is 9.59 Å². The van der Waals surface area contributed by atoms with Crippen molar-refractivity contribution < 1.29 is 19.5 Å². The van der Waals surface area contributed by atoms with Crippen LogP contribution in [0.4, 0.5) is 5.00 Å². The Hall–Kier alpha value is -2.63. The summed E-state index contributed by atoms with van der Waals surface area (Å²) in [6, 6.07) is 8.63. The van der Waals surface area contributed by atoms with Gasteiger partial charge in [0.25, 0.3) is 0 Å². The number of benzene rings is 1. The molecule has 1 saturated heterocycles. The summed E-state index contributed by atoms with van der Waals surface area (Å²) in [5, 5.41) is 18.7. The molecule has 0 radical (unpaired) electrons. The maximum atomic E-state index is 13.0. The van der Waals surface area contributed by atoms with Gasteiger partial charge in [0.05, 0.1) is 16.4 Å². The summed E-state index contributed by atoms with van der Waals surface area (Å²) in [4.78, 5) is 39.8. The summed E-state index contributed by atoms with van der Waals surface area (Å²) in [5.74, 6) is -1.80. The Labute approximate surface area is 169 Å². The first kappa shape index (κ1) is 18.7. The lowest BCUT2D eigenvalue weighted by Gasteiger charge is -2.14. The summed E-state index contributed by atoms with van der Waals surface area (Å²) in [5.41, 5.74) is 1.52. The van der Waals surface area contributed by atoms with Crippen molar-refractivity contribution in [2.45, 2.75) is 42.2 Å². The van der Waals surface area contributed by atoms with Crippen molar-refractivity contribution in [1.82, 2.24) is 0 Å². The number of nitriles is 1. The van der Waals surface area contributed by atoms with Crippen LogP contribution in [-0.4, -0.2) is 28.1 Å². The Balaban J connectivity index is 1.65. The number of nitrogens with zero attached hydrogens (tertiary/aromatic N) is 2. The van der Waals surface area contributed by atoms with Gasteiger partial charge < -0.3 is 5.11 Å². The van der Waals surface area contributed by atoms with Gasteiger partial charge in [-0.25, -0.2) is 9.69 Å². The molecule has 1 unspecified atom stereocenters. The highest BCUT2D eigenvalue weighted by Gasteiger charge is 2.43. The molecule has 8 heteroatoms. The molecule has 28 heavy (non-hydrogen) atoms. The molecular formula is C20H16N2O4S2. The lowest BCUT2D eigenvalue weighted by atomic mass is 9.96. The van der Waals surface area contributed by atoms with Crippen LogP contribution in [0.5, 0.6) is 0 Å². The van der Waals surface area contributed by atoms with Crippen molar-refractivity contribution in [3.63, 3.8) is 0 Å². The van der Waals surface area contributed by atoms with Crippen LogP contribution >= 0.6 is 23.1 Å². The van der Waals surface area contributed by atoms with E-state index >= 15 is 0 Å². The predicted octanol–water partition coefficient (Wildman–Crippen LogP) is 3.62. The maximum Gasteiger partial charge on any atom is 0.336 e. The number of hydrogen-bond acceptors (Lipinski definition) is 6. The molecule has 4 rings (SSSR count). The highest BCUT2D eigenvalue weighted by molar-refractivity contribution is 8.00. The number of carbonyl (C=O) groups excluding carboxylic acids is 2. The van der Waals surface area contributed by atoms with Crippen LogP contribution < -0.4 is 4.90 Å². The fourth-order valence-corrected chi connectivity index (χ4v) is 6.17. The third kappa shape index (κ3) is 3.11. The fraction of sp³-hybridized carbons (Fsp3) is 0.300. The number of thiophene rings is 1. The summed E-state index contributed by atoms with van der Waals surface area (Å²) in [6.07, 6.45) is 3.71. The molecule has 0 saturated carbocycles. The van der Waals surface area contributed by atoms with Crippen LogP contribution in [0.2, 0.25) is 0 Å². The first-order chi connectivity index (χ1) is 13.5. The second-order valence-electron chi connectivity index (χ2n) is 6.68. The average Bonchev–Trinajstić information content (AvgIpc) is 3.18. The number of thioether (sulfide) groups is 1. The average molecular weight is 412 g/mol. The molecule has 1 aliphatic carbocycles. The number of imide groups is 1. The number of amides is 2. The molecule has 1 fully saturated rings.